The number of benzene rings is 2. The Bertz CT molecular complexity index is 1140. The van der Waals surface area contributed by atoms with E-state index in [-0.39, 0.29) is 33.4 Å². The molecule has 1 saturated heterocycles. The molecular formula is C25H24O9. The zero-order valence-electron chi connectivity index (χ0n) is 18.8. The molecule has 0 saturated carbocycles. The summed E-state index contributed by atoms with van der Waals surface area (Å²) in [4.78, 5) is 27.1. The van der Waals surface area contributed by atoms with Gasteiger partial charge in [0.25, 0.3) is 0 Å². The molecule has 0 bridgehead atoms. The van der Waals surface area contributed by atoms with Gasteiger partial charge in [0.1, 0.15) is 6.10 Å². The first-order valence-corrected chi connectivity index (χ1v) is 11.0. The maximum Gasteiger partial charge on any atom is 0.330 e. The van der Waals surface area contributed by atoms with Crippen molar-refractivity contribution in [3.63, 3.8) is 0 Å². The van der Waals surface area contributed by atoms with Crippen LogP contribution in [0.3, 0.4) is 0 Å². The molecule has 34 heavy (non-hydrogen) atoms. The third-order valence-electron chi connectivity index (χ3n) is 5.94. The fraction of sp³-hybridized carbons (Fsp3) is 0.360. The van der Waals surface area contributed by atoms with Crippen LogP contribution in [0.1, 0.15) is 31.1 Å². The van der Waals surface area contributed by atoms with Crippen molar-refractivity contribution in [2.24, 2.45) is 5.41 Å². The second kappa shape index (κ2) is 8.90. The molecule has 9 heteroatoms. The number of carbonyl (C=O) groups excluding carboxylic acids is 2. The topological polar surface area (TPSA) is 98.8 Å². The van der Waals surface area contributed by atoms with Gasteiger partial charge in [-0.05, 0) is 54.8 Å². The van der Waals surface area contributed by atoms with Gasteiger partial charge in [-0.15, -0.1) is 0 Å². The lowest BCUT2D eigenvalue weighted by molar-refractivity contribution is -0.174. The van der Waals surface area contributed by atoms with E-state index < -0.39 is 23.5 Å². The van der Waals surface area contributed by atoms with Gasteiger partial charge in [0, 0.05) is 0 Å². The van der Waals surface area contributed by atoms with Crippen molar-refractivity contribution in [1.82, 2.24) is 0 Å². The summed E-state index contributed by atoms with van der Waals surface area (Å²) in [5.41, 5.74) is -0.131. The SMILES string of the molecule is CCOC(=O)C1(C(=O)OCC)/C(=C/c2ccc3c(c2)OCO3)COC1c1ccc2c(c1)OCO2. The molecule has 5 rings (SSSR count). The van der Waals surface area contributed by atoms with Gasteiger partial charge >= 0.3 is 11.9 Å². The molecule has 3 heterocycles. The summed E-state index contributed by atoms with van der Waals surface area (Å²) in [6, 6.07) is 10.6. The molecule has 0 amide bonds. The van der Waals surface area contributed by atoms with Crippen LogP contribution in [0.15, 0.2) is 42.0 Å². The predicted molar refractivity (Wildman–Crippen MR) is 117 cm³/mol. The number of carbonyl (C=O) groups is 2. The summed E-state index contributed by atoms with van der Waals surface area (Å²) >= 11 is 0. The largest absolute Gasteiger partial charge is 0.465 e. The Morgan fingerprint density at radius 3 is 2.12 bits per heavy atom. The van der Waals surface area contributed by atoms with Crippen molar-refractivity contribution < 1.29 is 42.7 Å². The molecule has 1 unspecified atom stereocenters. The molecule has 3 aliphatic rings. The molecule has 2 aromatic carbocycles. The first-order valence-electron chi connectivity index (χ1n) is 11.0. The van der Waals surface area contributed by atoms with E-state index in [0.29, 0.717) is 39.7 Å². The Morgan fingerprint density at radius 2 is 1.47 bits per heavy atom. The Balaban J connectivity index is 1.64. The quantitative estimate of drug-likeness (QED) is 0.466. The van der Waals surface area contributed by atoms with Crippen molar-refractivity contribution in [2.45, 2.75) is 20.0 Å². The molecule has 2 aromatic rings. The normalized spacial score (nSPS) is 20.4. The molecule has 9 nitrogen and oxygen atoms in total. The van der Waals surface area contributed by atoms with E-state index in [1.807, 2.05) is 6.07 Å². The Labute approximate surface area is 196 Å². The second-order valence-corrected chi connectivity index (χ2v) is 7.83. The minimum atomic E-state index is -1.84. The summed E-state index contributed by atoms with van der Waals surface area (Å²) in [5.74, 6) is 0.830. The van der Waals surface area contributed by atoms with Crippen molar-refractivity contribution in [1.29, 1.82) is 0 Å². The molecule has 1 fully saturated rings. The summed E-state index contributed by atoms with van der Waals surface area (Å²) in [5, 5.41) is 0. The number of esters is 2. The summed E-state index contributed by atoms with van der Waals surface area (Å²) in [6.07, 6.45) is 0.753. The van der Waals surface area contributed by atoms with Crippen LogP contribution in [-0.4, -0.2) is 45.3 Å². The van der Waals surface area contributed by atoms with Gasteiger partial charge in [-0.1, -0.05) is 18.2 Å². The third-order valence-corrected chi connectivity index (χ3v) is 5.94. The molecule has 3 aliphatic heterocycles. The predicted octanol–water partition coefficient (Wildman–Crippen LogP) is 3.41. The molecule has 0 aromatic heterocycles. The highest BCUT2D eigenvalue weighted by Crippen LogP contribution is 2.52. The van der Waals surface area contributed by atoms with Crippen LogP contribution in [0.5, 0.6) is 23.0 Å². The molecule has 0 N–H and O–H groups in total. The van der Waals surface area contributed by atoms with Crippen LogP contribution in [0.2, 0.25) is 0 Å². The minimum Gasteiger partial charge on any atom is -0.465 e. The van der Waals surface area contributed by atoms with E-state index in [0.717, 1.165) is 0 Å². The number of ether oxygens (including phenoxy) is 7. The monoisotopic (exact) mass is 468 g/mol. The first kappa shape index (κ1) is 22.1. The molecule has 178 valence electrons. The van der Waals surface area contributed by atoms with E-state index in [4.69, 9.17) is 33.2 Å². The Kier molecular flexibility index (Phi) is 5.79. The van der Waals surface area contributed by atoms with Gasteiger partial charge in [-0.3, -0.25) is 9.59 Å². The second-order valence-electron chi connectivity index (χ2n) is 7.83. The average Bonchev–Trinajstić information content (AvgIpc) is 3.57. The van der Waals surface area contributed by atoms with Crippen LogP contribution in [0.25, 0.3) is 6.08 Å². The van der Waals surface area contributed by atoms with E-state index in [2.05, 4.69) is 0 Å². The highest BCUT2D eigenvalue weighted by molar-refractivity contribution is 6.06. The summed E-state index contributed by atoms with van der Waals surface area (Å²) in [7, 11) is 0. The Hall–Kier alpha value is -3.72. The van der Waals surface area contributed by atoms with Crippen molar-refractivity contribution in [3.8, 4) is 23.0 Å². The minimum absolute atomic E-state index is 0.0190. The van der Waals surface area contributed by atoms with Gasteiger partial charge in [-0.2, -0.15) is 0 Å². The van der Waals surface area contributed by atoms with Gasteiger partial charge in [-0.25, -0.2) is 0 Å². The Morgan fingerprint density at radius 1 is 0.882 bits per heavy atom. The maximum atomic E-state index is 13.5. The van der Waals surface area contributed by atoms with Crippen molar-refractivity contribution >= 4 is 18.0 Å². The van der Waals surface area contributed by atoms with Crippen LogP contribution in [-0.2, 0) is 23.8 Å². The number of fused-ring (bicyclic) bond motifs is 2. The van der Waals surface area contributed by atoms with E-state index in [9.17, 15) is 9.59 Å². The van der Waals surface area contributed by atoms with E-state index in [1.54, 1.807) is 50.3 Å². The smallest absolute Gasteiger partial charge is 0.330 e. The lowest BCUT2D eigenvalue weighted by Gasteiger charge is -2.30. The fourth-order valence-corrected chi connectivity index (χ4v) is 4.41. The number of rotatable bonds is 6. The van der Waals surface area contributed by atoms with Gasteiger partial charge < -0.3 is 33.2 Å². The molecule has 0 spiro atoms. The van der Waals surface area contributed by atoms with Crippen LogP contribution in [0.4, 0.5) is 0 Å². The number of hydrogen-bond acceptors (Lipinski definition) is 9. The van der Waals surface area contributed by atoms with Crippen LogP contribution in [0, 0.1) is 5.41 Å². The highest BCUT2D eigenvalue weighted by atomic mass is 16.7. The van der Waals surface area contributed by atoms with Crippen LogP contribution < -0.4 is 18.9 Å². The molecular weight excluding hydrogens is 444 g/mol. The van der Waals surface area contributed by atoms with Gasteiger partial charge in [0.2, 0.25) is 19.0 Å². The summed E-state index contributed by atoms with van der Waals surface area (Å²) in [6.45, 7) is 3.80. The lowest BCUT2D eigenvalue weighted by atomic mass is 9.74. The molecule has 1 atom stereocenters. The lowest BCUT2D eigenvalue weighted by Crippen LogP contribution is -2.45. The van der Waals surface area contributed by atoms with E-state index >= 15 is 0 Å². The van der Waals surface area contributed by atoms with Gasteiger partial charge in [0.15, 0.2) is 23.0 Å². The first-order chi connectivity index (χ1) is 16.6. The molecule has 0 aliphatic carbocycles. The van der Waals surface area contributed by atoms with Crippen molar-refractivity contribution in [3.05, 3.63) is 53.1 Å². The zero-order chi connectivity index (χ0) is 23.7. The number of hydrogen-bond donors (Lipinski definition) is 0. The van der Waals surface area contributed by atoms with Crippen molar-refractivity contribution in [2.75, 3.05) is 33.4 Å². The standard InChI is InChI=1S/C25H24O9/c1-3-28-23(26)25(24(27)29-4-2)17(9-15-5-7-18-20(10-15)33-13-31-18)12-30-22(25)16-6-8-19-21(11-16)34-14-32-19/h5-11,22H,3-4,12-14H2,1-2H3/b17-9+. The van der Waals surface area contributed by atoms with Crippen LogP contribution >= 0.6 is 0 Å². The van der Waals surface area contributed by atoms with Gasteiger partial charge in [0.05, 0.1) is 19.8 Å². The maximum absolute atomic E-state index is 13.5. The zero-order valence-corrected chi connectivity index (χ0v) is 18.8. The third kappa shape index (κ3) is 3.52. The van der Waals surface area contributed by atoms with E-state index in [1.165, 1.54) is 0 Å². The highest BCUT2D eigenvalue weighted by Gasteiger charge is 2.62. The molecule has 0 radical (unpaired) electrons. The fourth-order valence-electron chi connectivity index (χ4n) is 4.41. The summed E-state index contributed by atoms with van der Waals surface area (Å²) < 4.78 is 38.7. The average molecular weight is 468 g/mol.